The van der Waals surface area contributed by atoms with E-state index in [1.807, 2.05) is 0 Å². The molecule has 0 bridgehead atoms. The zero-order valence-electron chi connectivity index (χ0n) is 17.1. The summed E-state index contributed by atoms with van der Waals surface area (Å²) in [5.41, 5.74) is 1.42. The number of esters is 1. The van der Waals surface area contributed by atoms with Gasteiger partial charge in [-0.05, 0) is 62.9 Å². The average molecular weight is 412 g/mol. The Morgan fingerprint density at radius 2 is 1.93 bits per heavy atom. The summed E-state index contributed by atoms with van der Waals surface area (Å²) < 4.78 is 19.0. The van der Waals surface area contributed by atoms with Crippen LogP contribution in [0.3, 0.4) is 0 Å². The van der Waals surface area contributed by atoms with E-state index >= 15 is 0 Å². The van der Waals surface area contributed by atoms with Gasteiger partial charge in [-0.3, -0.25) is 9.59 Å². The summed E-state index contributed by atoms with van der Waals surface area (Å²) >= 11 is 0. The second-order valence-electron chi connectivity index (χ2n) is 7.23. The van der Waals surface area contributed by atoms with Gasteiger partial charge >= 0.3 is 5.97 Å². The topological polar surface area (TPSA) is 75.7 Å². The molecule has 3 rings (SSSR count). The molecule has 7 heteroatoms. The summed E-state index contributed by atoms with van der Waals surface area (Å²) in [5.74, 6) is -1.91. The molecule has 30 heavy (non-hydrogen) atoms. The third-order valence-electron chi connectivity index (χ3n) is 5.17. The molecule has 1 heterocycles. The van der Waals surface area contributed by atoms with Crippen LogP contribution < -0.4 is 5.32 Å². The van der Waals surface area contributed by atoms with Gasteiger partial charge in [0.1, 0.15) is 11.9 Å². The van der Waals surface area contributed by atoms with Gasteiger partial charge in [0.15, 0.2) is 0 Å². The first-order valence-corrected chi connectivity index (χ1v) is 10.1. The van der Waals surface area contributed by atoms with E-state index in [1.165, 1.54) is 23.1 Å². The number of carbonyl (C=O) groups excluding carboxylic acids is 3. The minimum atomic E-state index is -0.620. The highest BCUT2D eigenvalue weighted by Crippen LogP contribution is 2.24. The lowest BCUT2D eigenvalue weighted by molar-refractivity contribution is -0.149. The molecule has 1 aliphatic rings. The molecule has 0 radical (unpaired) electrons. The number of amides is 2. The predicted molar refractivity (Wildman–Crippen MR) is 111 cm³/mol. The number of benzene rings is 2. The van der Waals surface area contributed by atoms with Crippen LogP contribution in [0.25, 0.3) is 0 Å². The van der Waals surface area contributed by atoms with Crippen molar-refractivity contribution in [1.82, 2.24) is 4.90 Å². The molecular formula is C23H25FN2O4. The maximum Gasteiger partial charge on any atom is 0.328 e. The Kier molecular flexibility index (Phi) is 6.82. The van der Waals surface area contributed by atoms with Crippen molar-refractivity contribution in [3.63, 3.8) is 0 Å². The Morgan fingerprint density at radius 1 is 1.17 bits per heavy atom. The van der Waals surface area contributed by atoms with Crippen molar-refractivity contribution >= 4 is 23.5 Å². The molecule has 0 saturated carbocycles. The summed E-state index contributed by atoms with van der Waals surface area (Å²) in [4.78, 5) is 39.4. The van der Waals surface area contributed by atoms with Gasteiger partial charge in [0.05, 0.1) is 12.2 Å². The van der Waals surface area contributed by atoms with Crippen LogP contribution in [0.4, 0.5) is 10.1 Å². The number of halogens is 1. The number of piperidine rings is 1. The van der Waals surface area contributed by atoms with Crippen molar-refractivity contribution in [2.75, 3.05) is 18.5 Å². The van der Waals surface area contributed by atoms with Gasteiger partial charge in [-0.25, -0.2) is 9.18 Å². The molecule has 2 amide bonds. The standard InChI is InChI=1S/C23H25FN2O4/c1-3-30-23(29)20-10-6-7-13-26(20)22(28)16-12-11-15(2)19(14-16)25-21(27)17-8-4-5-9-18(17)24/h4-5,8-9,11-12,14,20H,3,6-7,10,13H2,1-2H3,(H,25,27). The molecule has 1 N–H and O–H groups in total. The highest BCUT2D eigenvalue weighted by Gasteiger charge is 2.33. The van der Waals surface area contributed by atoms with Crippen LogP contribution in [0.2, 0.25) is 0 Å². The smallest absolute Gasteiger partial charge is 0.328 e. The predicted octanol–water partition coefficient (Wildman–Crippen LogP) is 3.94. The van der Waals surface area contributed by atoms with Gasteiger partial charge < -0.3 is 15.0 Å². The molecule has 1 fully saturated rings. The number of anilines is 1. The highest BCUT2D eigenvalue weighted by molar-refractivity contribution is 6.06. The summed E-state index contributed by atoms with van der Waals surface area (Å²) in [7, 11) is 0. The lowest BCUT2D eigenvalue weighted by Crippen LogP contribution is -2.48. The van der Waals surface area contributed by atoms with Gasteiger partial charge in [0.25, 0.3) is 11.8 Å². The zero-order valence-corrected chi connectivity index (χ0v) is 17.1. The fraction of sp³-hybridized carbons (Fsp3) is 0.348. The number of carbonyl (C=O) groups is 3. The first-order chi connectivity index (χ1) is 14.4. The minimum absolute atomic E-state index is 0.0768. The number of nitrogens with zero attached hydrogens (tertiary/aromatic N) is 1. The van der Waals surface area contributed by atoms with Gasteiger partial charge in [-0.1, -0.05) is 18.2 Å². The van der Waals surface area contributed by atoms with Crippen LogP contribution in [0, 0.1) is 12.7 Å². The molecule has 6 nitrogen and oxygen atoms in total. The zero-order chi connectivity index (χ0) is 21.7. The molecule has 1 unspecified atom stereocenters. The molecule has 0 aliphatic carbocycles. The second kappa shape index (κ2) is 9.52. The summed E-state index contributed by atoms with van der Waals surface area (Å²) in [6, 6.07) is 10.0. The van der Waals surface area contributed by atoms with E-state index in [9.17, 15) is 18.8 Å². The third kappa shape index (κ3) is 4.67. The Hall–Kier alpha value is -3.22. The Morgan fingerprint density at radius 3 is 2.67 bits per heavy atom. The highest BCUT2D eigenvalue weighted by atomic mass is 19.1. The van der Waals surface area contributed by atoms with Crippen molar-refractivity contribution < 1.29 is 23.5 Å². The van der Waals surface area contributed by atoms with Crippen molar-refractivity contribution in [3.05, 3.63) is 65.0 Å². The molecule has 2 aromatic carbocycles. The largest absolute Gasteiger partial charge is 0.464 e. The van der Waals surface area contributed by atoms with Crippen LogP contribution in [0.15, 0.2) is 42.5 Å². The van der Waals surface area contributed by atoms with Crippen LogP contribution in [-0.2, 0) is 9.53 Å². The fourth-order valence-corrected chi connectivity index (χ4v) is 3.55. The van der Waals surface area contributed by atoms with E-state index in [0.29, 0.717) is 24.2 Å². The number of hydrogen-bond acceptors (Lipinski definition) is 4. The van der Waals surface area contributed by atoms with E-state index in [2.05, 4.69) is 5.32 Å². The maximum atomic E-state index is 13.9. The lowest BCUT2D eigenvalue weighted by Gasteiger charge is -2.34. The Balaban J connectivity index is 1.83. The van der Waals surface area contributed by atoms with E-state index in [1.54, 1.807) is 38.1 Å². The third-order valence-corrected chi connectivity index (χ3v) is 5.17. The molecule has 1 atom stereocenters. The number of likely N-dealkylation sites (tertiary alicyclic amines) is 1. The molecule has 0 spiro atoms. The summed E-state index contributed by atoms with van der Waals surface area (Å²) in [6.45, 7) is 4.24. The van der Waals surface area contributed by atoms with E-state index < -0.39 is 23.7 Å². The number of hydrogen-bond donors (Lipinski definition) is 1. The molecule has 1 aliphatic heterocycles. The van der Waals surface area contributed by atoms with Gasteiger partial charge in [-0.2, -0.15) is 0 Å². The van der Waals surface area contributed by atoms with Gasteiger partial charge in [0.2, 0.25) is 0 Å². The average Bonchev–Trinajstić information content (AvgIpc) is 2.75. The van der Waals surface area contributed by atoms with Crippen molar-refractivity contribution in [2.24, 2.45) is 0 Å². The molecule has 158 valence electrons. The molecular weight excluding hydrogens is 387 g/mol. The summed E-state index contributed by atoms with van der Waals surface area (Å²) in [6.07, 6.45) is 2.23. The van der Waals surface area contributed by atoms with Crippen molar-refractivity contribution in [2.45, 2.75) is 39.2 Å². The number of nitrogens with one attached hydrogen (secondary N) is 1. The van der Waals surface area contributed by atoms with E-state index in [0.717, 1.165) is 18.4 Å². The minimum Gasteiger partial charge on any atom is -0.464 e. The van der Waals surface area contributed by atoms with E-state index in [4.69, 9.17) is 4.74 Å². The fourth-order valence-electron chi connectivity index (χ4n) is 3.55. The Labute approximate surface area is 175 Å². The monoisotopic (exact) mass is 412 g/mol. The number of rotatable bonds is 5. The number of aryl methyl sites for hydroxylation is 1. The first-order valence-electron chi connectivity index (χ1n) is 10.1. The van der Waals surface area contributed by atoms with Gasteiger partial charge in [0, 0.05) is 17.8 Å². The molecule has 1 saturated heterocycles. The summed E-state index contributed by atoms with van der Waals surface area (Å²) in [5, 5.41) is 2.68. The number of ether oxygens (including phenoxy) is 1. The van der Waals surface area contributed by atoms with Gasteiger partial charge in [-0.15, -0.1) is 0 Å². The molecule has 0 aromatic heterocycles. The maximum absolute atomic E-state index is 13.9. The second-order valence-corrected chi connectivity index (χ2v) is 7.23. The van der Waals surface area contributed by atoms with Crippen molar-refractivity contribution in [1.29, 1.82) is 0 Å². The normalized spacial score (nSPS) is 16.1. The molecule has 2 aromatic rings. The van der Waals surface area contributed by atoms with Crippen LogP contribution in [0.1, 0.15) is 52.5 Å². The quantitative estimate of drug-likeness (QED) is 0.755. The lowest BCUT2D eigenvalue weighted by atomic mass is 10.00. The Bertz CT molecular complexity index is 960. The SMILES string of the molecule is CCOC(=O)C1CCCCN1C(=O)c1ccc(C)c(NC(=O)c2ccccc2F)c1. The first kappa shape index (κ1) is 21.5. The van der Waals surface area contributed by atoms with Crippen LogP contribution in [-0.4, -0.2) is 41.9 Å². The van der Waals surface area contributed by atoms with Crippen LogP contribution in [0.5, 0.6) is 0 Å². The van der Waals surface area contributed by atoms with Crippen LogP contribution >= 0.6 is 0 Å². The van der Waals surface area contributed by atoms with Crippen molar-refractivity contribution in [3.8, 4) is 0 Å². The van der Waals surface area contributed by atoms with E-state index in [-0.39, 0.29) is 18.1 Å².